The Morgan fingerprint density at radius 3 is 2.69 bits per heavy atom. The number of nitrogens with two attached hydrogens (primary N) is 2. The third-order valence-corrected chi connectivity index (χ3v) is 5.71. The van der Waals surface area contributed by atoms with E-state index < -0.39 is 17.8 Å². The number of rotatable bonds is 5. The number of carbonyl (C=O) groups excluding carboxylic acids is 2. The Balaban J connectivity index is 1.60. The second kappa shape index (κ2) is 8.79. The second-order valence-corrected chi connectivity index (χ2v) is 7.96. The van der Waals surface area contributed by atoms with Gasteiger partial charge in [-0.05, 0) is 37.7 Å². The first kappa shape index (κ1) is 21.1. The molecule has 2 heterocycles. The maximum Gasteiger partial charge on any atom is 0.243 e. The molecule has 2 amide bonds. The standard InChI is InChI=1S/C20H30N6O3/c21-19(22)26-11-4-8-15(17(26)28)24-16(27)13-25-10-5-9-20(23,18(25)29)12-14-6-2-1-3-7-14/h1-3,6-7,15,17,28H,4-5,8-13,23H2,(H3,21,22)(H,24,27)/t15-,17-,20+/m0/s1. The first-order valence-electron chi connectivity index (χ1n) is 10.0. The smallest absolute Gasteiger partial charge is 0.243 e. The van der Waals surface area contributed by atoms with Crippen molar-refractivity contribution >= 4 is 17.8 Å². The van der Waals surface area contributed by atoms with Gasteiger partial charge in [0, 0.05) is 13.1 Å². The van der Waals surface area contributed by atoms with Crippen LogP contribution in [0.15, 0.2) is 30.3 Å². The highest BCUT2D eigenvalue weighted by molar-refractivity contribution is 5.91. The molecule has 0 radical (unpaired) electrons. The van der Waals surface area contributed by atoms with E-state index in [1.807, 2.05) is 30.3 Å². The maximum atomic E-state index is 13.0. The van der Waals surface area contributed by atoms with Crippen LogP contribution < -0.4 is 16.8 Å². The number of likely N-dealkylation sites (tertiary alicyclic amines) is 2. The van der Waals surface area contributed by atoms with Crippen LogP contribution in [0, 0.1) is 5.41 Å². The number of guanidine groups is 1. The molecule has 2 saturated heterocycles. The minimum atomic E-state index is -1.05. The largest absolute Gasteiger partial charge is 0.371 e. The van der Waals surface area contributed by atoms with Crippen molar-refractivity contribution in [3.8, 4) is 0 Å². The Labute approximate surface area is 170 Å². The van der Waals surface area contributed by atoms with Gasteiger partial charge in [-0.25, -0.2) is 0 Å². The zero-order valence-corrected chi connectivity index (χ0v) is 16.5. The summed E-state index contributed by atoms with van der Waals surface area (Å²) in [6.45, 7) is 0.852. The summed E-state index contributed by atoms with van der Waals surface area (Å²) in [5.74, 6) is -0.800. The van der Waals surface area contributed by atoms with Crippen LogP contribution in [0.1, 0.15) is 31.2 Å². The van der Waals surface area contributed by atoms with Gasteiger partial charge in [-0.1, -0.05) is 30.3 Å². The molecule has 158 valence electrons. The number of carbonyl (C=O) groups is 2. The van der Waals surface area contributed by atoms with Crippen LogP contribution in [0.4, 0.5) is 0 Å². The van der Waals surface area contributed by atoms with Gasteiger partial charge < -0.3 is 31.7 Å². The van der Waals surface area contributed by atoms with Crippen molar-refractivity contribution in [3.05, 3.63) is 35.9 Å². The first-order valence-corrected chi connectivity index (χ1v) is 10.0. The molecule has 3 atom stereocenters. The Kier molecular flexibility index (Phi) is 6.39. The number of nitrogens with one attached hydrogen (secondary N) is 2. The van der Waals surface area contributed by atoms with Crippen LogP contribution in [0.5, 0.6) is 0 Å². The van der Waals surface area contributed by atoms with Crippen LogP contribution in [0.3, 0.4) is 0 Å². The molecule has 3 rings (SSSR count). The first-order chi connectivity index (χ1) is 13.8. The minimum absolute atomic E-state index is 0.101. The number of aliphatic hydroxyl groups excluding tert-OH is 1. The summed E-state index contributed by atoms with van der Waals surface area (Å²) in [5, 5.41) is 20.6. The lowest BCUT2D eigenvalue weighted by Crippen LogP contribution is -2.63. The van der Waals surface area contributed by atoms with E-state index in [0.29, 0.717) is 38.8 Å². The van der Waals surface area contributed by atoms with Crippen LogP contribution >= 0.6 is 0 Å². The van der Waals surface area contributed by atoms with Crippen molar-refractivity contribution < 1.29 is 14.7 Å². The molecule has 0 spiro atoms. The van der Waals surface area contributed by atoms with Gasteiger partial charge >= 0.3 is 0 Å². The number of hydrogen-bond donors (Lipinski definition) is 5. The molecule has 1 aromatic rings. The van der Waals surface area contributed by atoms with E-state index in [2.05, 4.69) is 5.32 Å². The highest BCUT2D eigenvalue weighted by atomic mass is 16.3. The van der Waals surface area contributed by atoms with Crippen LogP contribution in [-0.2, 0) is 16.0 Å². The zero-order chi connectivity index (χ0) is 21.0. The fraction of sp³-hybridized carbons (Fsp3) is 0.550. The van der Waals surface area contributed by atoms with E-state index >= 15 is 0 Å². The molecule has 9 nitrogen and oxygen atoms in total. The molecule has 2 aliphatic heterocycles. The van der Waals surface area contributed by atoms with Crippen molar-refractivity contribution in [1.82, 2.24) is 15.1 Å². The number of aliphatic hydroxyl groups is 1. The van der Waals surface area contributed by atoms with Gasteiger partial charge in [0.05, 0.1) is 18.1 Å². The third-order valence-electron chi connectivity index (χ3n) is 5.71. The summed E-state index contributed by atoms with van der Waals surface area (Å²) < 4.78 is 0. The normalized spacial score (nSPS) is 27.6. The Bertz CT molecular complexity index is 758. The number of nitrogens with zero attached hydrogens (tertiary/aromatic N) is 2. The molecule has 29 heavy (non-hydrogen) atoms. The molecule has 9 heteroatoms. The van der Waals surface area contributed by atoms with Crippen molar-refractivity contribution in [2.45, 2.75) is 49.9 Å². The lowest BCUT2D eigenvalue weighted by atomic mass is 9.83. The fourth-order valence-electron chi connectivity index (χ4n) is 4.20. The number of hydrogen-bond acceptors (Lipinski definition) is 5. The van der Waals surface area contributed by atoms with Gasteiger partial charge in [0.2, 0.25) is 11.8 Å². The van der Waals surface area contributed by atoms with Gasteiger partial charge in [-0.15, -0.1) is 0 Å². The van der Waals surface area contributed by atoms with E-state index in [4.69, 9.17) is 16.9 Å². The van der Waals surface area contributed by atoms with E-state index in [0.717, 1.165) is 12.0 Å². The quantitative estimate of drug-likeness (QED) is 0.326. The lowest BCUT2D eigenvalue weighted by Gasteiger charge is -2.40. The molecular weight excluding hydrogens is 372 g/mol. The van der Waals surface area contributed by atoms with E-state index in [9.17, 15) is 14.7 Å². The minimum Gasteiger partial charge on any atom is -0.371 e. The second-order valence-electron chi connectivity index (χ2n) is 7.96. The van der Waals surface area contributed by atoms with Crippen molar-refractivity contribution in [2.24, 2.45) is 11.5 Å². The number of piperidine rings is 2. The van der Waals surface area contributed by atoms with Crippen LogP contribution in [0.2, 0.25) is 0 Å². The topological polar surface area (TPSA) is 149 Å². The zero-order valence-electron chi connectivity index (χ0n) is 16.5. The summed E-state index contributed by atoms with van der Waals surface area (Å²) >= 11 is 0. The third kappa shape index (κ3) is 4.86. The van der Waals surface area contributed by atoms with Gasteiger partial charge in [0.15, 0.2) is 5.96 Å². The predicted octanol–water partition coefficient (Wildman–Crippen LogP) is -0.659. The maximum absolute atomic E-state index is 13.0. The molecule has 1 aromatic carbocycles. The molecule has 0 aliphatic carbocycles. The number of amides is 2. The Morgan fingerprint density at radius 1 is 1.28 bits per heavy atom. The summed E-state index contributed by atoms with van der Waals surface area (Å²) in [6, 6.07) is 9.09. The molecule has 0 bridgehead atoms. The van der Waals surface area contributed by atoms with Crippen LogP contribution in [0.25, 0.3) is 0 Å². The monoisotopic (exact) mass is 402 g/mol. The van der Waals surface area contributed by atoms with E-state index in [1.54, 1.807) is 0 Å². The summed E-state index contributed by atoms with van der Waals surface area (Å²) in [7, 11) is 0. The molecule has 0 aromatic heterocycles. The molecular formula is C20H30N6O3. The van der Waals surface area contributed by atoms with E-state index in [-0.39, 0.29) is 24.3 Å². The molecule has 7 N–H and O–H groups in total. The van der Waals surface area contributed by atoms with E-state index in [1.165, 1.54) is 9.80 Å². The predicted molar refractivity (Wildman–Crippen MR) is 109 cm³/mol. The van der Waals surface area contributed by atoms with Crippen molar-refractivity contribution in [1.29, 1.82) is 5.41 Å². The highest BCUT2D eigenvalue weighted by Crippen LogP contribution is 2.24. The molecule has 0 saturated carbocycles. The van der Waals surface area contributed by atoms with Crippen molar-refractivity contribution in [2.75, 3.05) is 19.6 Å². The average Bonchev–Trinajstić information content (AvgIpc) is 2.68. The van der Waals surface area contributed by atoms with Gasteiger partial charge in [-0.3, -0.25) is 15.0 Å². The fourth-order valence-corrected chi connectivity index (χ4v) is 4.20. The Hall–Kier alpha value is -2.65. The van der Waals surface area contributed by atoms with Gasteiger partial charge in [-0.2, -0.15) is 0 Å². The summed E-state index contributed by atoms with van der Waals surface area (Å²) in [6.07, 6.45) is 1.97. The summed E-state index contributed by atoms with van der Waals surface area (Å²) in [4.78, 5) is 28.4. The average molecular weight is 402 g/mol. The molecule has 2 fully saturated rings. The summed E-state index contributed by atoms with van der Waals surface area (Å²) in [5.41, 5.74) is 11.9. The molecule has 0 unspecified atom stereocenters. The SMILES string of the molecule is N=C(N)N1CCC[C@H](NC(=O)CN2CCC[C@@](N)(Cc3ccccc3)C2=O)[C@@H]1O. The lowest BCUT2D eigenvalue weighted by molar-refractivity contribution is -0.144. The molecule has 2 aliphatic rings. The number of benzene rings is 1. The van der Waals surface area contributed by atoms with Crippen LogP contribution in [-0.4, -0.2) is 70.1 Å². The van der Waals surface area contributed by atoms with Gasteiger partial charge in [0.1, 0.15) is 6.23 Å². The highest BCUT2D eigenvalue weighted by Gasteiger charge is 2.41. The van der Waals surface area contributed by atoms with Crippen molar-refractivity contribution in [3.63, 3.8) is 0 Å². The van der Waals surface area contributed by atoms with Gasteiger partial charge in [0.25, 0.3) is 0 Å². The Morgan fingerprint density at radius 2 is 2.00 bits per heavy atom.